The number of anilines is 1. The topological polar surface area (TPSA) is 92.8 Å². The number of carbonyl (C=O) groups excluding carboxylic acids is 2. The highest BCUT2D eigenvalue weighted by molar-refractivity contribution is 7.99. The standard InChI is InChI=1S/C20H21F3N2O5S2/c1-3-25(4-2)32(28,29)17-11-13(9-10-14(17)21)19(27)30-12-18(26)24-15-7-5-6-8-16(15)31-20(22)23/h5-11,20H,3-4,12H2,1-2H3,(H,24,26). The molecule has 2 rings (SSSR count). The number of ether oxygens (including phenoxy) is 1. The summed E-state index contributed by atoms with van der Waals surface area (Å²) < 4.78 is 70.5. The molecule has 12 heteroatoms. The van der Waals surface area contributed by atoms with Crippen LogP contribution in [0.15, 0.2) is 52.3 Å². The van der Waals surface area contributed by atoms with E-state index in [9.17, 15) is 31.2 Å². The Bertz CT molecular complexity index is 1080. The number of nitrogens with one attached hydrogen (secondary N) is 1. The molecular formula is C20H21F3N2O5S2. The highest BCUT2D eigenvalue weighted by Crippen LogP contribution is 2.31. The van der Waals surface area contributed by atoms with E-state index in [0.29, 0.717) is 0 Å². The molecule has 1 N–H and O–H groups in total. The Kier molecular flexibility index (Phi) is 9.10. The lowest BCUT2D eigenvalue weighted by molar-refractivity contribution is -0.119. The number of rotatable bonds is 10. The maximum Gasteiger partial charge on any atom is 0.338 e. The second kappa shape index (κ2) is 11.3. The van der Waals surface area contributed by atoms with E-state index in [4.69, 9.17) is 4.74 Å². The van der Waals surface area contributed by atoms with Crippen LogP contribution in [0.2, 0.25) is 0 Å². The number of nitrogens with zero attached hydrogens (tertiary/aromatic N) is 1. The molecule has 32 heavy (non-hydrogen) atoms. The Labute approximate surface area is 188 Å². The molecule has 0 saturated heterocycles. The molecule has 174 valence electrons. The van der Waals surface area contributed by atoms with Gasteiger partial charge in [0.05, 0.1) is 11.3 Å². The zero-order chi connectivity index (χ0) is 23.9. The van der Waals surface area contributed by atoms with Crippen molar-refractivity contribution in [2.24, 2.45) is 0 Å². The third kappa shape index (κ3) is 6.47. The maximum atomic E-state index is 14.2. The molecule has 2 aromatic carbocycles. The molecule has 0 aromatic heterocycles. The third-order valence-electron chi connectivity index (χ3n) is 4.20. The molecule has 0 unspecified atom stereocenters. The smallest absolute Gasteiger partial charge is 0.338 e. The van der Waals surface area contributed by atoms with Crippen LogP contribution in [-0.4, -0.2) is 50.1 Å². The molecule has 0 fully saturated rings. The number of hydrogen-bond acceptors (Lipinski definition) is 6. The second-order valence-electron chi connectivity index (χ2n) is 6.23. The molecule has 0 aliphatic rings. The van der Waals surface area contributed by atoms with Crippen molar-refractivity contribution in [3.63, 3.8) is 0 Å². The number of thioether (sulfide) groups is 1. The molecule has 1 amide bonds. The zero-order valence-electron chi connectivity index (χ0n) is 17.2. The predicted octanol–water partition coefficient (Wildman–Crippen LogP) is 3.97. The van der Waals surface area contributed by atoms with Crippen LogP contribution in [0.4, 0.5) is 18.9 Å². The van der Waals surface area contributed by atoms with Crippen molar-refractivity contribution in [2.45, 2.75) is 29.4 Å². The number of benzene rings is 2. The summed E-state index contributed by atoms with van der Waals surface area (Å²) in [6.07, 6.45) is 0. The van der Waals surface area contributed by atoms with Crippen molar-refractivity contribution in [1.29, 1.82) is 0 Å². The first-order valence-corrected chi connectivity index (χ1v) is 11.7. The number of sulfonamides is 1. The summed E-state index contributed by atoms with van der Waals surface area (Å²) in [6, 6.07) is 8.57. The Morgan fingerprint density at radius 1 is 1.12 bits per heavy atom. The summed E-state index contributed by atoms with van der Waals surface area (Å²) in [5.41, 5.74) is -0.146. The monoisotopic (exact) mass is 490 g/mol. The van der Waals surface area contributed by atoms with E-state index in [0.717, 1.165) is 22.5 Å². The first kappa shape index (κ1) is 25.7. The van der Waals surface area contributed by atoms with Gasteiger partial charge in [-0.25, -0.2) is 17.6 Å². The van der Waals surface area contributed by atoms with Crippen molar-refractivity contribution in [1.82, 2.24) is 4.31 Å². The number of hydrogen-bond donors (Lipinski definition) is 1. The normalized spacial score (nSPS) is 11.6. The molecular weight excluding hydrogens is 469 g/mol. The summed E-state index contributed by atoms with van der Waals surface area (Å²) in [6.45, 7) is 2.64. The predicted molar refractivity (Wildman–Crippen MR) is 114 cm³/mol. The fourth-order valence-electron chi connectivity index (χ4n) is 2.70. The average Bonchev–Trinajstić information content (AvgIpc) is 2.74. The number of halogens is 3. The lowest BCUT2D eigenvalue weighted by Crippen LogP contribution is -2.31. The number of esters is 1. The van der Waals surface area contributed by atoms with E-state index in [1.54, 1.807) is 13.8 Å². The zero-order valence-corrected chi connectivity index (χ0v) is 18.8. The highest BCUT2D eigenvalue weighted by atomic mass is 32.2. The Hall–Kier alpha value is -2.57. The van der Waals surface area contributed by atoms with Crippen molar-refractivity contribution in [2.75, 3.05) is 25.0 Å². The van der Waals surface area contributed by atoms with Gasteiger partial charge in [-0.2, -0.15) is 13.1 Å². The van der Waals surface area contributed by atoms with Crippen molar-refractivity contribution < 1.29 is 35.9 Å². The minimum atomic E-state index is -4.17. The van der Waals surface area contributed by atoms with Gasteiger partial charge >= 0.3 is 5.97 Å². The Morgan fingerprint density at radius 2 is 1.78 bits per heavy atom. The molecule has 0 aliphatic carbocycles. The molecule has 0 heterocycles. The highest BCUT2D eigenvalue weighted by Gasteiger charge is 2.27. The molecule has 2 aromatic rings. The third-order valence-corrected chi connectivity index (χ3v) is 7.05. The number of para-hydroxylation sites is 1. The second-order valence-corrected chi connectivity index (χ2v) is 9.17. The molecule has 0 bridgehead atoms. The summed E-state index contributed by atoms with van der Waals surface area (Å²) >= 11 is 0.247. The van der Waals surface area contributed by atoms with Crippen LogP contribution < -0.4 is 5.32 Å². The van der Waals surface area contributed by atoms with Gasteiger partial charge in [0, 0.05) is 18.0 Å². The van der Waals surface area contributed by atoms with Gasteiger partial charge in [0.15, 0.2) is 6.61 Å². The quantitative estimate of drug-likeness (QED) is 0.400. The van der Waals surface area contributed by atoms with E-state index >= 15 is 0 Å². The summed E-state index contributed by atoms with van der Waals surface area (Å²) in [5, 5.41) is 2.36. The van der Waals surface area contributed by atoms with Crippen LogP contribution in [0.1, 0.15) is 24.2 Å². The molecule has 0 atom stereocenters. The average molecular weight is 491 g/mol. The number of amides is 1. The lowest BCUT2D eigenvalue weighted by atomic mass is 10.2. The van der Waals surface area contributed by atoms with E-state index in [1.165, 1.54) is 24.3 Å². The van der Waals surface area contributed by atoms with Crippen molar-refractivity contribution in [3.8, 4) is 0 Å². The van der Waals surface area contributed by atoms with Crippen LogP contribution in [-0.2, 0) is 19.6 Å². The molecule has 0 aliphatic heterocycles. The van der Waals surface area contributed by atoms with E-state index in [-0.39, 0.29) is 41.0 Å². The van der Waals surface area contributed by atoms with Crippen LogP contribution in [0, 0.1) is 5.82 Å². The van der Waals surface area contributed by atoms with Crippen LogP contribution in [0.5, 0.6) is 0 Å². The van der Waals surface area contributed by atoms with Crippen LogP contribution >= 0.6 is 11.8 Å². The van der Waals surface area contributed by atoms with Crippen molar-refractivity contribution >= 4 is 39.3 Å². The maximum absolute atomic E-state index is 14.2. The Morgan fingerprint density at radius 3 is 2.41 bits per heavy atom. The van der Waals surface area contributed by atoms with Gasteiger partial charge in [0.25, 0.3) is 11.7 Å². The van der Waals surface area contributed by atoms with Gasteiger partial charge in [0.2, 0.25) is 10.0 Å². The fraction of sp³-hybridized carbons (Fsp3) is 0.300. The first-order chi connectivity index (χ1) is 15.1. The molecule has 0 saturated carbocycles. The van der Waals surface area contributed by atoms with Gasteiger partial charge < -0.3 is 10.1 Å². The van der Waals surface area contributed by atoms with E-state index < -0.39 is 45.0 Å². The van der Waals surface area contributed by atoms with E-state index in [1.807, 2.05) is 0 Å². The largest absolute Gasteiger partial charge is 0.452 e. The summed E-state index contributed by atoms with van der Waals surface area (Å²) in [7, 11) is -4.17. The van der Waals surface area contributed by atoms with Gasteiger partial charge in [-0.3, -0.25) is 4.79 Å². The van der Waals surface area contributed by atoms with Gasteiger partial charge in [0.1, 0.15) is 10.7 Å². The Balaban J connectivity index is 2.10. The van der Waals surface area contributed by atoms with Gasteiger partial charge in [-0.05, 0) is 30.3 Å². The van der Waals surface area contributed by atoms with Gasteiger partial charge in [-0.15, -0.1) is 0 Å². The molecule has 7 nitrogen and oxygen atoms in total. The summed E-state index contributed by atoms with van der Waals surface area (Å²) in [5.74, 6) is -5.56. The number of alkyl halides is 2. The van der Waals surface area contributed by atoms with E-state index in [2.05, 4.69) is 5.32 Å². The van der Waals surface area contributed by atoms with Crippen molar-refractivity contribution in [3.05, 3.63) is 53.8 Å². The minimum absolute atomic E-state index is 0.110. The molecule has 0 radical (unpaired) electrons. The minimum Gasteiger partial charge on any atom is -0.452 e. The summed E-state index contributed by atoms with van der Waals surface area (Å²) in [4.78, 5) is 23.8. The number of carbonyl (C=O) groups is 2. The van der Waals surface area contributed by atoms with Gasteiger partial charge in [-0.1, -0.05) is 37.7 Å². The fourth-order valence-corrected chi connectivity index (χ4v) is 4.84. The first-order valence-electron chi connectivity index (χ1n) is 9.40. The lowest BCUT2D eigenvalue weighted by Gasteiger charge is -2.19. The SMILES string of the molecule is CCN(CC)S(=O)(=O)c1cc(C(=O)OCC(=O)Nc2ccccc2SC(F)F)ccc1F. The van der Waals surface area contributed by atoms with Crippen LogP contribution in [0.3, 0.4) is 0 Å². The van der Waals surface area contributed by atoms with Crippen LogP contribution in [0.25, 0.3) is 0 Å². The molecule has 0 spiro atoms.